The van der Waals surface area contributed by atoms with Crippen molar-refractivity contribution in [1.82, 2.24) is 9.88 Å². The van der Waals surface area contributed by atoms with E-state index in [1.54, 1.807) is 23.3 Å². The lowest BCUT2D eigenvalue weighted by Crippen LogP contribution is -2.30. The van der Waals surface area contributed by atoms with Crippen molar-refractivity contribution in [1.29, 1.82) is 0 Å². The monoisotopic (exact) mass is 340 g/mol. The number of fused-ring (bicyclic) bond motifs is 1. The molecule has 1 atom stereocenters. The number of methoxy groups -OCH3 is 1. The van der Waals surface area contributed by atoms with Crippen molar-refractivity contribution in [2.75, 3.05) is 14.2 Å². The quantitative estimate of drug-likeness (QED) is 0.703. The number of aromatic nitrogens is 1. The predicted octanol–water partition coefficient (Wildman–Crippen LogP) is 4.07. The van der Waals surface area contributed by atoms with Crippen LogP contribution in [-0.2, 0) is 11.2 Å². The Morgan fingerprint density at radius 3 is 2.58 bits per heavy atom. The summed E-state index contributed by atoms with van der Waals surface area (Å²) in [6.07, 6.45) is 0.371. The Balaban J connectivity index is 1.71. The molecular weight excluding hydrogens is 320 g/mol. The molecule has 0 spiro atoms. The fourth-order valence-electron chi connectivity index (χ4n) is 2.49. The molecule has 0 saturated carbocycles. The molecule has 124 valence electrons. The normalized spacial score (nSPS) is 12.1. The maximum atomic E-state index is 12.6. The van der Waals surface area contributed by atoms with Crippen molar-refractivity contribution in [3.8, 4) is 5.75 Å². The number of likely N-dealkylation sites (N-methyl/N-ethyl adjacent to an activating group) is 1. The van der Waals surface area contributed by atoms with Gasteiger partial charge in [-0.2, -0.15) is 0 Å². The molecule has 1 aromatic heterocycles. The van der Waals surface area contributed by atoms with Gasteiger partial charge in [0.1, 0.15) is 10.8 Å². The maximum absolute atomic E-state index is 12.6. The smallest absolute Gasteiger partial charge is 0.227 e. The molecular formula is C19H20N2O2S. The number of carbonyl (C=O) groups excluding carboxylic acids is 1. The summed E-state index contributed by atoms with van der Waals surface area (Å²) in [4.78, 5) is 19.0. The van der Waals surface area contributed by atoms with Crippen LogP contribution < -0.4 is 4.74 Å². The zero-order valence-corrected chi connectivity index (χ0v) is 14.8. The lowest BCUT2D eigenvalue weighted by Gasteiger charge is -2.23. The number of para-hydroxylation sites is 1. The summed E-state index contributed by atoms with van der Waals surface area (Å²) >= 11 is 1.64. The summed E-state index contributed by atoms with van der Waals surface area (Å²) < 4.78 is 6.29. The van der Waals surface area contributed by atoms with E-state index in [0.29, 0.717) is 6.42 Å². The van der Waals surface area contributed by atoms with Crippen LogP contribution in [0.5, 0.6) is 5.75 Å². The number of carbonyl (C=O) groups is 1. The van der Waals surface area contributed by atoms with Crippen molar-refractivity contribution in [2.24, 2.45) is 0 Å². The topological polar surface area (TPSA) is 42.4 Å². The molecule has 24 heavy (non-hydrogen) atoms. The van der Waals surface area contributed by atoms with Gasteiger partial charge in [-0.05, 0) is 36.8 Å². The number of hydrogen-bond donors (Lipinski definition) is 0. The molecule has 1 amide bonds. The van der Waals surface area contributed by atoms with E-state index < -0.39 is 0 Å². The lowest BCUT2D eigenvalue weighted by molar-refractivity contribution is -0.131. The summed E-state index contributed by atoms with van der Waals surface area (Å²) in [5, 5.41) is 0.960. The van der Waals surface area contributed by atoms with Crippen LogP contribution in [0.2, 0.25) is 0 Å². The Labute approximate surface area is 145 Å². The summed E-state index contributed by atoms with van der Waals surface area (Å²) in [6, 6.07) is 15.6. The van der Waals surface area contributed by atoms with Crippen LogP contribution in [0.3, 0.4) is 0 Å². The van der Waals surface area contributed by atoms with Crippen LogP contribution in [0.4, 0.5) is 0 Å². The van der Waals surface area contributed by atoms with E-state index >= 15 is 0 Å². The van der Waals surface area contributed by atoms with Gasteiger partial charge in [0.25, 0.3) is 0 Å². The molecule has 0 aliphatic carbocycles. The molecule has 0 bridgehead atoms. The predicted molar refractivity (Wildman–Crippen MR) is 97.5 cm³/mol. The van der Waals surface area contributed by atoms with Gasteiger partial charge in [0, 0.05) is 7.05 Å². The average Bonchev–Trinajstić information content (AvgIpc) is 3.05. The molecule has 3 rings (SSSR count). The summed E-state index contributed by atoms with van der Waals surface area (Å²) in [5.74, 6) is 0.870. The van der Waals surface area contributed by atoms with Crippen molar-refractivity contribution in [3.05, 3.63) is 59.1 Å². The number of thiazole rings is 1. The minimum absolute atomic E-state index is 0.0480. The van der Waals surface area contributed by atoms with E-state index in [0.717, 1.165) is 26.5 Å². The third kappa shape index (κ3) is 3.41. The molecule has 3 aromatic rings. The van der Waals surface area contributed by atoms with E-state index in [9.17, 15) is 4.79 Å². The first-order valence-corrected chi connectivity index (χ1v) is 8.64. The highest BCUT2D eigenvalue weighted by Gasteiger charge is 2.20. The molecule has 0 saturated heterocycles. The molecule has 5 heteroatoms. The van der Waals surface area contributed by atoms with Gasteiger partial charge in [-0.15, -0.1) is 11.3 Å². The third-order valence-electron chi connectivity index (χ3n) is 4.16. The Hall–Kier alpha value is -2.40. The summed E-state index contributed by atoms with van der Waals surface area (Å²) in [7, 11) is 3.47. The minimum atomic E-state index is -0.0480. The largest absolute Gasteiger partial charge is 0.497 e. The first-order chi connectivity index (χ1) is 11.6. The van der Waals surface area contributed by atoms with Gasteiger partial charge < -0.3 is 9.64 Å². The minimum Gasteiger partial charge on any atom is -0.497 e. The second kappa shape index (κ2) is 7.01. The maximum Gasteiger partial charge on any atom is 0.227 e. The highest BCUT2D eigenvalue weighted by molar-refractivity contribution is 7.18. The molecule has 0 N–H and O–H groups in total. The first-order valence-electron chi connectivity index (χ1n) is 7.82. The van der Waals surface area contributed by atoms with Crippen LogP contribution in [0.1, 0.15) is 23.5 Å². The number of rotatable bonds is 5. The van der Waals surface area contributed by atoms with E-state index in [2.05, 4.69) is 11.1 Å². The number of nitrogens with zero attached hydrogens (tertiary/aromatic N) is 2. The lowest BCUT2D eigenvalue weighted by atomic mass is 10.1. The van der Waals surface area contributed by atoms with Crippen molar-refractivity contribution in [3.63, 3.8) is 0 Å². The Kier molecular flexibility index (Phi) is 4.81. The van der Waals surface area contributed by atoms with Gasteiger partial charge in [-0.3, -0.25) is 4.79 Å². The third-order valence-corrected chi connectivity index (χ3v) is 5.36. The Morgan fingerprint density at radius 2 is 1.92 bits per heavy atom. The standard InChI is InChI=1S/C19H20N2O2S/c1-13(19-20-16-6-4-5-7-17(16)24-19)21(2)18(22)12-14-8-10-15(23-3)11-9-14/h4-11,13H,12H2,1-3H3/t13-/m1/s1. The van der Waals surface area contributed by atoms with Gasteiger partial charge in [0.15, 0.2) is 0 Å². The number of ether oxygens (including phenoxy) is 1. The van der Waals surface area contributed by atoms with Crippen LogP contribution in [0.25, 0.3) is 10.2 Å². The van der Waals surface area contributed by atoms with E-state index in [-0.39, 0.29) is 11.9 Å². The number of hydrogen-bond acceptors (Lipinski definition) is 4. The molecule has 4 nitrogen and oxygen atoms in total. The van der Waals surface area contributed by atoms with Gasteiger partial charge in [-0.25, -0.2) is 4.98 Å². The van der Waals surface area contributed by atoms with Crippen LogP contribution in [-0.4, -0.2) is 29.9 Å². The SMILES string of the molecule is COc1ccc(CC(=O)N(C)[C@H](C)c2nc3ccccc3s2)cc1. The number of amides is 1. The van der Waals surface area contributed by atoms with E-state index in [1.165, 1.54) is 0 Å². The van der Waals surface area contributed by atoms with E-state index in [4.69, 9.17) is 4.74 Å². The second-order valence-corrected chi connectivity index (χ2v) is 6.79. The second-order valence-electron chi connectivity index (χ2n) is 5.73. The molecule has 0 fully saturated rings. The zero-order valence-electron chi connectivity index (χ0n) is 14.0. The highest BCUT2D eigenvalue weighted by Crippen LogP contribution is 2.29. The fourth-order valence-corrected chi connectivity index (χ4v) is 3.56. The van der Waals surface area contributed by atoms with Crippen LogP contribution in [0.15, 0.2) is 48.5 Å². The van der Waals surface area contributed by atoms with Gasteiger partial charge in [0.2, 0.25) is 5.91 Å². The zero-order chi connectivity index (χ0) is 17.1. The van der Waals surface area contributed by atoms with Gasteiger partial charge in [-0.1, -0.05) is 24.3 Å². The van der Waals surface area contributed by atoms with Gasteiger partial charge in [0.05, 0.1) is 29.8 Å². The van der Waals surface area contributed by atoms with Crippen molar-refractivity contribution >= 4 is 27.5 Å². The first kappa shape index (κ1) is 16.5. The molecule has 1 heterocycles. The molecule has 0 aliphatic heterocycles. The van der Waals surface area contributed by atoms with Crippen molar-refractivity contribution < 1.29 is 9.53 Å². The fraction of sp³-hybridized carbons (Fsp3) is 0.263. The molecule has 0 aliphatic rings. The Morgan fingerprint density at radius 1 is 1.21 bits per heavy atom. The van der Waals surface area contributed by atoms with Gasteiger partial charge >= 0.3 is 0 Å². The summed E-state index contributed by atoms with van der Waals surface area (Å²) in [6.45, 7) is 2.02. The highest BCUT2D eigenvalue weighted by atomic mass is 32.1. The van der Waals surface area contributed by atoms with Crippen LogP contribution >= 0.6 is 11.3 Å². The van der Waals surface area contributed by atoms with E-state index in [1.807, 2.05) is 56.4 Å². The molecule has 0 unspecified atom stereocenters. The number of benzene rings is 2. The Bertz CT molecular complexity index is 809. The molecule has 0 radical (unpaired) electrons. The summed E-state index contributed by atoms with van der Waals surface area (Å²) in [5.41, 5.74) is 1.96. The average molecular weight is 340 g/mol. The van der Waals surface area contributed by atoms with Crippen LogP contribution in [0, 0.1) is 0 Å². The van der Waals surface area contributed by atoms with Crippen molar-refractivity contribution in [2.45, 2.75) is 19.4 Å². The molecule has 2 aromatic carbocycles.